The van der Waals surface area contributed by atoms with E-state index in [0.717, 1.165) is 5.56 Å². The number of hydrogen-bond acceptors (Lipinski definition) is 2. The van der Waals surface area contributed by atoms with Gasteiger partial charge in [0.15, 0.2) is 0 Å². The standard InChI is InChI=1S/C14H22N2/c1-12-8-9-16(11-14(12)15-2)10-13-6-4-3-5-7-13/h3-7,12,14-15H,8-11H2,1-2H3/i1D3,2D3,11D2,12D,14D. The van der Waals surface area contributed by atoms with Gasteiger partial charge in [-0.3, -0.25) is 4.90 Å². The van der Waals surface area contributed by atoms with Crippen molar-refractivity contribution in [2.45, 2.75) is 25.8 Å². The second-order valence-electron chi connectivity index (χ2n) is 3.75. The smallest absolute Gasteiger partial charge is 0.0481 e. The highest BCUT2D eigenvalue weighted by molar-refractivity contribution is 5.14. The van der Waals surface area contributed by atoms with Crippen LogP contribution in [0.1, 0.15) is 32.5 Å². The van der Waals surface area contributed by atoms with Crippen LogP contribution < -0.4 is 5.32 Å². The zero-order valence-electron chi connectivity index (χ0n) is 19.0. The topological polar surface area (TPSA) is 15.3 Å². The van der Waals surface area contributed by atoms with E-state index in [1.54, 1.807) is 30.3 Å². The molecule has 0 radical (unpaired) electrons. The van der Waals surface area contributed by atoms with Crippen LogP contribution in [0.5, 0.6) is 0 Å². The minimum Gasteiger partial charge on any atom is -0.315 e. The van der Waals surface area contributed by atoms with Gasteiger partial charge in [-0.1, -0.05) is 37.2 Å². The van der Waals surface area contributed by atoms with Gasteiger partial charge in [0.2, 0.25) is 0 Å². The summed E-state index contributed by atoms with van der Waals surface area (Å²) in [5.41, 5.74) is 0.735. The Hall–Kier alpha value is -0.860. The molecule has 0 aliphatic carbocycles. The molecule has 1 heterocycles. The third-order valence-electron chi connectivity index (χ3n) is 2.54. The van der Waals surface area contributed by atoms with Crippen molar-refractivity contribution in [1.82, 2.24) is 10.2 Å². The molecule has 1 aromatic rings. The second-order valence-corrected chi connectivity index (χ2v) is 3.75. The molecule has 1 N–H and O–H groups in total. The Balaban J connectivity index is 2.49. The summed E-state index contributed by atoms with van der Waals surface area (Å²) in [6.07, 6.45) is -0.373. The lowest BCUT2D eigenvalue weighted by Gasteiger charge is -2.37. The van der Waals surface area contributed by atoms with Crippen LogP contribution in [0.4, 0.5) is 0 Å². The zero-order valence-corrected chi connectivity index (χ0v) is 8.96. The van der Waals surface area contributed by atoms with Crippen molar-refractivity contribution in [3.63, 3.8) is 0 Å². The maximum absolute atomic E-state index is 8.55. The predicted octanol–water partition coefficient (Wildman–Crippen LogP) is 2.12. The van der Waals surface area contributed by atoms with Crippen molar-refractivity contribution >= 4 is 0 Å². The summed E-state index contributed by atoms with van der Waals surface area (Å²) in [4.78, 5) is 1.21. The number of hydrogen-bond donors (Lipinski definition) is 1. The Bertz CT molecular complexity index is 629. The maximum Gasteiger partial charge on any atom is 0.0481 e. The Morgan fingerprint density at radius 3 is 3.19 bits per heavy atom. The van der Waals surface area contributed by atoms with Crippen LogP contribution in [0.15, 0.2) is 30.3 Å². The van der Waals surface area contributed by atoms with Crippen LogP contribution in [0.3, 0.4) is 0 Å². The number of nitrogens with one attached hydrogen (secondary N) is 1. The van der Waals surface area contributed by atoms with E-state index in [1.165, 1.54) is 4.90 Å². The average Bonchev–Trinajstić information content (AvgIpc) is 2.47. The van der Waals surface area contributed by atoms with Crippen molar-refractivity contribution < 1.29 is 13.7 Å². The lowest BCUT2D eigenvalue weighted by atomic mass is 9.93. The van der Waals surface area contributed by atoms with Crippen molar-refractivity contribution in [3.05, 3.63) is 35.9 Å². The van der Waals surface area contributed by atoms with E-state index in [-0.39, 0.29) is 19.5 Å². The molecule has 2 heteroatoms. The SMILES string of the molecule is [2H]C([2H])([2H])NC1([2H])C([2H])([2H])N(Cc2ccccc2)CCC1([2H])C([2H])([2H])[2H]. The first-order valence-corrected chi connectivity index (χ1v) is 5.22. The number of likely N-dealkylation sites (tertiary alicyclic amines) is 1. The van der Waals surface area contributed by atoms with E-state index in [0.29, 0.717) is 0 Å². The normalized spacial score (nSPS) is 50.0. The van der Waals surface area contributed by atoms with Gasteiger partial charge in [0, 0.05) is 32.8 Å². The van der Waals surface area contributed by atoms with E-state index < -0.39 is 32.2 Å². The molecule has 0 spiro atoms. The average molecular weight is 228 g/mol. The van der Waals surface area contributed by atoms with Gasteiger partial charge < -0.3 is 5.32 Å². The minimum absolute atomic E-state index is 0.0637. The highest BCUT2D eigenvalue weighted by Gasteiger charge is 2.24. The van der Waals surface area contributed by atoms with Gasteiger partial charge in [-0.05, 0) is 31.4 Å². The zero-order chi connectivity index (χ0) is 20.0. The molecule has 2 rings (SSSR count). The van der Waals surface area contributed by atoms with Crippen LogP contribution in [0.2, 0.25) is 0 Å². The Kier molecular flexibility index (Phi) is 1.51. The summed E-state index contributed by atoms with van der Waals surface area (Å²) in [6.45, 7) is -8.77. The molecule has 2 atom stereocenters. The molecule has 0 amide bonds. The van der Waals surface area contributed by atoms with Crippen LogP contribution in [0, 0.1) is 5.89 Å². The van der Waals surface area contributed by atoms with Gasteiger partial charge in [-0.25, -0.2) is 0 Å². The van der Waals surface area contributed by atoms with E-state index in [2.05, 4.69) is 0 Å². The predicted molar refractivity (Wildman–Crippen MR) is 68.3 cm³/mol. The van der Waals surface area contributed by atoms with Gasteiger partial charge in [0.25, 0.3) is 0 Å². The molecule has 1 aliphatic rings. The Morgan fingerprint density at radius 2 is 2.44 bits per heavy atom. The molecule has 88 valence electrons. The summed E-state index contributed by atoms with van der Waals surface area (Å²) >= 11 is 0. The van der Waals surface area contributed by atoms with Gasteiger partial charge in [0.05, 0.1) is 0 Å². The number of nitrogens with zero attached hydrogens (tertiary/aromatic N) is 1. The highest BCUT2D eigenvalue weighted by Crippen LogP contribution is 2.18. The summed E-state index contributed by atoms with van der Waals surface area (Å²) in [6, 6.07) is 5.93. The monoisotopic (exact) mass is 228 g/mol. The number of benzene rings is 1. The van der Waals surface area contributed by atoms with E-state index >= 15 is 0 Å². The van der Waals surface area contributed by atoms with E-state index in [4.69, 9.17) is 13.7 Å². The summed E-state index contributed by atoms with van der Waals surface area (Å²) in [5, 5.41) is 1.84. The fraction of sp³-hybridized carbons (Fsp3) is 0.571. The van der Waals surface area contributed by atoms with E-state index in [9.17, 15) is 0 Å². The summed E-state index contributed by atoms with van der Waals surface area (Å²) in [5.74, 6) is -2.63. The lowest BCUT2D eigenvalue weighted by Crippen LogP contribution is -2.48. The molecular formula is C14H22N2. The minimum atomic E-state index is -3.04. The fourth-order valence-electron chi connectivity index (χ4n) is 1.68. The summed E-state index contributed by atoms with van der Waals surface area (Å²) < 4.78 is 79.0. The number of likely N-dealkylation sites (N-methyl/N-ethyl adjacent to an activating group) is 1. The van der Waals surface area contributed by atoms with Crippen molar-refractivity contribution in [2.75, 3.05) is 20.0 Å². The number of rotatable bonds is 3. The van der Waals surface area contributed by atoms with Crippen LogP contribution >= 0.6 is 0 Å². The van der Waals surface area contributed by atoms with Crippen LogP contribution in [-0.2, 0) is 6.54 Å². The quantitative estimate of drug-likeness (QED) is 0.852. The third kappa shape index (κ3) is 2.83. The lowest BCUT2D eigenvalue weighted by molar-refractivity contribution is 0.147. The molecule has 1 aromatic carbocycles. The van der Waals surface area contributed by atoms with Crippen molar-refractivity contribution in [1.29, 1.82) is 0 Å². The molecule has 1 saturated heterocycles. The first-order chi connectivity index (χ1) is 11.6. The maximum atomic E-state index is 8.55. The molecule has 0 bridgehead atoms. The largest absolute Gasteiger partial charge is 0.315 e. The van der Waals surface area contributed by atoms with Gasteiger partial charge >= 0.3 is 0 Å². The number of piperidine rings is 1. The van der Waals surface area contributed by atoms with Crippen molar-refractivity contribution in [2.24, 2.45) is 5.89 Å². The van der Waals surface area contributed by atoms with Crippen molar-refractivity contribution in [3.8, 4) is 0 Å². The molecule has 0 saturated carbocycles. The fourth-order valence-corrected chi connectivity index (χ4v) is 1.68. The molecule has 2 unspecified atom stereocenters. The highest BCUT2D eigenvalue weighted by atomic mass is 15.2. The summed E-state index contributed by atoms with van der Waals surface area (Å²) in [7, 11) is 0. The molecule has 1 fully saturated rings. The molecular weight excluding hydrogens is 196 g/mol. The van der Waals surface area contributed by atoms with E-state index in [1.807, 2.05) is 5.32 Å². The second kappa shape index (κ2) is 5.46. The molecule has 2 nitrogen and oxygen atoms in total. The Labute approximate surface area is 113 Å². The molecule has 1 aliphatic heterocycles. The van der Waals surface area contributed by atoms with Gasteiger partial charge in [-0.2, -0.15) is 0 Å². The van der Waals surface area contributed by atoms with Gasteiger partial charge in [0.1, 0.15) is 0 Å². The van der Waals surface area contributed by atoms with Gasteiger partial charge in [-0.15, -0.1) is 0 Å². The third-order valence-corrected chi connectivity index (χ3v) is 2.54. The molecule has 0 aromatic heterocycles. The van der Waals surface area contributed by atoms with Crippen LogP contribution in [0.25, 0.3) is 0 Å². The molecule has 16 heavy (non-hydrogen) atoms. The Morgan fingerprint density at radius 1 is 1.56 bits per heavy atom. The first kappa shape index (κ1) is 4.43. The van der Waals surface area contributed by atoms with Crippen LogP contribution in [-0.4, -0.2) is 30.9 Å². The first-order valence-electron chi connectivity index (χ1n) is 10.2.